The number of nitrogens with one attached hydrogen (secondary N) is 1. The molecule has 1 aliphatic rings. The van der Waals surface area contributed by atoms with Gasteiger partial charge in [-0.1, -0.05) is 22.4 Å². The average molecular weight is 290 g/mol. The Balaban J connectivity index is 2.11. The van der Waals surface area contributed by atoms with E-state index >= 15 is 0 Å². The molecule has 1 nitrogen and oxygen atoms in total. The first-order chi connectivity index (χ1) is 7.66. The molecule has 1 heterocycles. The molecule has 0 bridgehead atoms. The van der Waals surface area contributed by atoms with Crippen molar-refractivity contribution in [2.75, 3.05) is 6.54 Å². The van der Waals surface area contributed by atoms with Gasteiger partial charge in [0.2, 0.25) is 0 Å². The molecule has 1 aromatic carbocycles. The number of benzene rings is 1. The van der Waals surface area contributed by atoms with Gasteiger partial charge in [0.25, 0.3) is 0 Å². The number of piperidine rings is 1. The van der Waals surface area contributed by atoms with E-state index in [-0.39, 0.29) is 0 Å². The molecule has 1 aromatic rings. The standard InChI is InChI=1S/C12H14BrF2N/c13-10-7-12(15)11(14)6-8(10)5-9-3-1-2-4-16-9/h6-7,9,16H,1-5H2. The zero-order valence-corrected chi connectivity index (χ0v) is 10.5. The summed E-state index contributed by atoms with van der Waals surface area (Å²) in [7, 11) is 0. The third kappa shape index (κ3) is 2.80. The summed E-state index contributed by atoms with van der Waals surface area (Å²) in [4.78, 5) is 0. The second-order valence-electron chi connectivity index (χ2n) is 4.21. The Morgan fingerprint density at radius 3 is 2.69 bits per heavy atom. The predicted molar refractivity (Wildman–Crippen MR) is 63.4 cm³/mol. The van der Waals surface area contributed by atoms with Gasteiger partial charge in [0.05, 0.1) is 0 Å². The van der Waals surface area contributed by atoms with E-state index in [1.54, 1.807) is 0 Å². The molecule has 1 N–H and O–H groups in total. The predicted octanol–water partition coefficient (Wildman–Crippen LogP) is 3.41. The number of halogens is 3. The molecule has 16 heavy (non-hydrogen) atoms. The molecule has 4 heteroatoms. The lowest BCUT2D eigenvalue weighted by Crippen LogP contribution is -2.35. The molecule has 0 amide bonds. The molecule has 0 saturated carbocycles. The first-order valence-corrected chi connectivity index (χ1v) is 6.33. The molecule has 1 aliphatic heterocycles. The first kappa shape index (κ1) is 12.0. The smallest absolute Gasteiger partial charge is 0.159 e. The minimum absolute atomic E-state index is 0.384. The Kier molecular flexibility index (Phi) is 3.92. The van der Waals surface area contributed by atoms with Crippen molar-refractivity contribution in [3.8, 4) is 0 Å². The van der Waals surface area contributed by atoms with Crippen molar-refractivity contribution in [2.24, 2.45) is 0 Å². The van der Waals surface area contributed by atoms with Crippen LogP contribution in [0.1, 0.15) is 24.8 Å². The van der Waals surface area contributed by atoms with E-state index in [1.807, 2.05) is 0 Å². The first-order valence-electron chi connectivity index (χ1n) is 5.53. The van der Waals surface area contributed by atoms with Crippen molar-refractivity contribution in [1.82, 2.24) is 5.32 Å². The summed E-state index contributed by atoms with van der Waals surface area (Å²) in [5.41, 5.74) is 0.832. The summed E-state index contributed by atoms with van der Waals surface area (Å²) < 4.78 is 26.7. The molecule has 0 aromatic heterocycles. The van der Waals surface area contributed by atoms with Crippen molar-refractivity contribution in [2.45, 2.75) is 31.7 Å². The molecule has 88 valence electrons. The molecule has 2 rings (SSSR count). The Hall–Kier alpha value is -0.480. The van der Waals surface area contributed by atoms with E-state index in [0.717, 1.165) is 24.9 Å². The fraction of sp³-hybridized carbons (Fsp3) is 0.500. The normalized spacial score (nSPS) is 21.1. The monoisotopic (exact) mass is 289 g/mol. The quantitative estimate of drug-likeness (QED) is 0.823. The lowest BCUT2D eigenvalue weighted by Gasteiger charge is -2.23. The Bertz CT molecular complexity index is 376. The molecule has 1 saturated heterocycles. The summed E-state index contributed by atoms with van der Waals surface area (Å²) in [6.07, 6.45) is 4.26. The van der Waals surface area contributed by atoms with Gasteiger partial charge in [-0.05, 0) is 43.5 Å². The Labute approximate surface area is 102 Å². The highest BCUT2D eigenvalue weighted by molar-refractivity contribution is 9.10. The highest BCUT2D eigenvalue weighted by Gasteiger charge is 2.16. The van der Waals surface area contributed by atoms with Crippen LogP contribution < -0.4 is 5.32 Å². The van der Waals surface area contributed by atoms with Crippen LogP contribution in [0, 0.1) is 11.6 Å². The van der Waals surface area contributed by atoms with Crippen molar-refractivity contribution in [1.29, 1.82) is 0 Å². The van der Waals surface area contributed by atoms with E-state index in [4.69, 9.17) is 0 Å². The Morgan fingerprint density at radius 2 is 2.00 bits per heavy atom. The van der Waals surface area contributed by atoms with Gasteiger partial charge < -0.3 is 5.32 Å². The number of rotatable bonds is 2. The van der Waals surface area contributed by atoms with Gasteiger partial charge in [-0.25, -0.2) is 8.78 Å². The summed E-state index contributed by atoms with van der Waals surface area (Å²) in [5, 5.41) is 3.39. The van der Waals surface area contributed by atoms with Crippen molar-refractivity contribution in [3.05, 3.63) is 33.8 Å². The van der Waals surface area contributed by atoms with Crippen LogP contribution in [0.5, 0.6) is 0 Å². The van der Waals surface area contributed by atoms with Gasteiger partial charge in [-0.15, -0.1) is 0 Å². The van der Waals surface area contributed by atoms with Gasteiger partial charge >= 0.3 is 0 Å². The minimum atomic E-state index is -0.799. The summed E-state index contributed by atoms with van der Waals surface area (Å²) >= 11 is 3.27. The van der Waals surface area contributed by atoms with E-state index in [2.05, 4.69) is 21.2 Å². The minimum Gasteiger partial charge on any atom is -0.314 e. The molecule has 1 fully saturated rings. The zero-order valence-electron chi connectivity index (χ0n) is 8.90. The summed E-state index contributed by atoms with van der Waals surface area (Å²) in [6.45, 7) is 1.02. The van der Waals surface area contributed by atoms with Gasteiger partial charge in [0.15, 0.2) is 11.6 Å². The second kappa shape index (κ2) is 5.23. The van der Waals surface area contributed by atoms with Crippen LogP contribution >= 0.6 is 15.9 Å². The fourth-order valence-electron chi connectivity index (χ4n) is 2.08. The zero-order chi connectivity index (χ0) is 11.5. The van der Waals surface area contributed by atoms with E-state index in [1.165, 1.54) is 25.0 Å². The third-order valence-corrected chi connectivity index (χ3v) is 3.71. The Morgan fingerprint density at radius 1 is 1.25 bits per heavy atom. The topological polar surface area (TPSA) is 12.0 Å². The maximum atomic E-state index is 13.1. The summed E-state index contributed by atoms with van der Waals surface area (Å²) in [5.74, 6) is -1.57. The van der Waals surface area contributed by atoms with Crippen molar-refractivity contribution >= 4 is 15.9 Å². The second-order valence-corrected chi connectivity index (χ2v) is 5.06. The van der Waals surface area contributed by atoms with Gasteiger partial charge in [-0.3, -0.25) is 0 Å². The average Bonchev–Trinajstić information content (AvgIpc) is 2.27. The van der Waals surface area contributed by atoms with E-state index < -0.39 is 11.6 Å². The molecule has 1 unspecified atom stereocenters. The number of hydrogen-bond donors (Lipinski definition) is 1. The molecular formula is C12H14BrF2N. The van der Waals surface area contributed by atoms with Crippen LogP contribution in [0.2, 0.25) is 0 Å². The molecule has 0 radical (unpaired) electrons. The third-order valence-electron chi connectivity index (χ3n) is 2.97. The molecule has 0 spiro atoms. The molecule has 0 aliphatic carbocycles. The van der Waals surface area contributed by atoms with Crippen LogP contribution in [0.4, 0.5) is 8.78 Å². The van der Waals surface area contributed by atoms with Gasteiger partial charge in [0, 0.05) is 10.5 Å². The lowest BCUT2D eigenvalue weighted by molar-refractivity contribution is 0.398. The molecule has 1 atom stereocenters. The maximum absolute atomic E-state index is 13.1. The number of hydrogen-bond acceptors (Lipinski definition) is 1. The summed E-state index contributed by atoms with van der Waals surface area (Å²) in [6, 6.07) is 2.87. The maximum Gasteiger partial charge on any atom is 0.159 e. The van der Waals surface area contributed by atoms with Crippen LogP contribution in [0.15, 0.2) is 16.6 Å². The van der Waals surface area contributed by atoms with Crippen molar-refractivity contribution < 1.29 is 8.78 Å². The van der Waals surface area contributed by atoms with Crippen molar-refractivity contribution in [3.63, 3.8) is 0 Å². The molecular weight excluding hydrogens is 276 g/mol. The SMILES string of the molecule is Fc1cc(Br)c(CC2CCCCN2)cc1F. The van der Waals surface area contributed by atoms with Gasteiger partial charge in [-0.2, -0.15) is 0 Å². The lowest BCUT2D eigenvalue weighted by atomic mass is 9.98. The van der Waals surface area contributed by atoms with Crippen LogP contribution in [-0.2, 0) is 6.42 Å². The highest BCUT2D eigenvalue weighted by Crippen LogP contribution is 2.23. The van der Waals surface area contributed by atoms with Crippen LogP contribution in [0.3, 0.4) is 0 Å². The fourth-order valence-corrected chi connectivity index (χ4v) is 2.56. The largest absolute Gasteiger partial charge is 0.314 e. The van der Waals surface area contributed by atoms with E-state index in [0.29, 0.717) is 10.5 Å². The van der Waals surface area contributed by atoms with Crippen LogP contribution in [0.25, 0.3) is 0 Å². The highest BCUT2D eigenvalue weighted by atomic mass is 79.9. The van der Waals surface area contributed by atoms with Gasteiger partial charge in [0.1, 0.15) is 0 Å². The van der Waals surface area contributed by atoms with E-state index in [9.17, 15) is 8.78 Å². The van der Waals surface area contributed by atoms with Crippen LogP contribution in [-0.4, -0.2) is 12.6 Å².